The van der Waals surface area contributed by atoms with E-state index in [1.54, 1.807) is 6.92 Å². The van der Waals surface area contributed by atoms with E-state index in [4.69, 9.17) is 37.1 Å². The zero-order valence-corrected chi connectivity index (χ0v) is 20.2. The van der Waals surface area contributed by atoms with Gasteiger partial charge >= 0.3 is 17.7 Å². The van der Waals surface area contributed by atoms with Crippen molar-refractivity contribution in [2.45, 2.75) is 26.0 Å². The van der Waals surface area contributed by atoms with Crippen molar-refractivity contribution in [1.82, 2.24) is 5.32 Å². The summed E-state index contributed by atoms with van der Waals surface area (Å²) >= 11 is 13.7. The fourth-order valence-electron chi connectivity index (χ4n) is 2.98. The zero-order valence-electron chi connectivity index (χ0n) is 17.9. The van der Waals surface area contributed by atoms with Crippen molar-refractivity contribution < 1.29 is 23.5 Å². The summed E-state index contributed by atoms with van der Waals surface area (Å²) in [6.07, 6.45) is 1.45. The summed E-state index contributed by atoms with van der Waals surface area (Å²) in [6, 6.07) is 11.1. The lowest BCUT2D eigenvalue weighted by molar-refractivity contribution is -0.136. The Labute approximate surface area is 204 Å². The number of carbonyl (C=O) groups is 2. The summed E-state index contributed by atoms with van der Waals surface area (Å²) in [6.45, 7) is 1.72. The number of ether oxygens (including phenoxy) is 2. The van der Waals surface area contributed by atoms with Crippen LogP contribution in [0.15, 0.2) is 51.7 Å². The van der Waals surface area contributed by atoms with Crippen LogP contribution in [0.25, 0.3) is 11.0 Å². The van der Waals surface area contributed by atoms with Crippen LogP contribution in [0.4, 0.5) is 4.79 Å². The second-order valence-electron chi connectivity index (χ2n) is 7.07. The van der Waals surface area contributed by atoms with Gasteiger partial charge in [-0.05, 0) is 42.5 Å². The predicted molar refractivity (Wildman–Crippen MR) is 129 cm³/mol. The molecule has 33 heavy (non-hydrogen) atoms. The number of hydrogen-bond donors (Lipinski definition) is 1. The summed E-state index contributed by atoms with van der Waals surface area (Å²) < 4.78 is 15.8. The van der Waals surface area contributed by atoms with E-state index in [1.807, 2.05) is 36.6 Å². The van der Waals surface area contributed by atoms with Crippen LogP contribution in [-0.4, -0.2) is 30.1 Å². The number of esters is 1. The number of alkyl carbamates (subject to hydrolysis) is 1. The molecule has 174 valence electrons. The number of nitrogens with one attached hydrogen (secondary N) is 1. The molecule has 3 rings (SSSR count). The third-order valence-electron chi connectivity index (χ3n) is 4.76. The molecule has 0 spiro atoms. The molecule has 0 unspecified atom stereocenters. The largest absolute Gasteiger partial charge is 0.445 e. The van der Waals surface area contributed by atoms with Gasteiger partial charge in [0.25, 0.3) is 0 Å². The number of benzene rings is 2. The lowest BCUT2D eigenvalue weighted by atomic mass is 10.1. The summed E-state index contributed by atoms with van der Waals surface area (Å²) in [7, 11) is 0. The molecule has 1 heterocycles. The number of fused-ring (bicyclic) bond motifs is 1. The molecule has 0 saturated carbocycles. The Hall–Kier alpha value is -2.68. The number of thioether (sulfide) groups is 1. The second-order valence-corrected chi connectivity index (χ2v) is 8.84. The molecule has 2 aromatic carbocycles. The predicted octanol–water partition coefficient (Wildman–Crippen LogP) is 5.36. The van der Waals surface area contributed by atoms with Crippen molar-refractivity contribution in [2.75, 3.05) is 12.0 Å². The zero-order chi connectivity index (χ0) is 24.0. The van der Waals surface area contributed by atoms with Gasteiger partial charge in [-0.25, -0.2) is 14.4 Å². The molecule has 1 atom stereocenters. The van der Waals surface area contributed by atoms with Gasteiger partial charge in [0.15, 0.2) is 5.75 Å². The van der Waals surface area contributed by atoms with Gasteiger partial charge in [0, 0.05) is 11.5 Å². The van der Waals surface area contributed by atoms with E-state index in [9.17, 15) is 14.4 Å². The third-order valence-corrected chi connectivity index (χ3v) is 6.14. The van der Waals surface area contributed by atoms with Gasteiger partial charge in [-0.15, -0.1) is 0 Å². The van der Waals surface area contributed by atoms with Gasteiger partial charge < -0.3 is 19.2 Å². The van der Waals surface area contributed by atoms with E-state index in [0.717, 1.165) is 5.56 Å². The number of halogens is 2. The topological polar surface area (TPSA) is 94.8 Å². The van der Waals surface area contributed by atoms with Crippen molar-refractivity contribution in [3.63, 3.8) is 0 Å². The molecule has 1 aromatic heterocycles. The van der Waals surface area contributed by atoms with Crippen LogP contribution in [-0.2, 0) is 16.1 Å². The first-order valence-electron chi connectivity index (χ1n) is 9.90. The van der Waals surface area contributed by atoms with Crippen LogP contribution in [0.1, 0.15) is 17.5 Å². The van der Waals surface area contributed by atoms with Gasteiger partial charge in [0.05, 0.1) is 5.02 Å². The quantitative estimate of drug-likeness (QED) is 0.248. The van der Waals surface area contributed by atoms with E-state index < -0.39 is 23.7 Å². The number of amides is 1. The van der Waals surface area contributed by atoms with Gasteiger partial charge in [-0.3, -0.25) is 0 Å². The Kier molecular flexibility index (Phi) is 8.66. The summed E-state index contributed by atoms with van der Waals surface area (Å²) in [5.41, 5.74) is 0.783. The van der Waals surface area contributed by atoms with Crippen LogP contribution in [0, 0.1) is 6.92 Å². The minimum atomic E-state index is -0.966. The van der Waals surface area contributed by atoms with Crippen molar-refractivity contribution >= 4 is 58.0 Å². The second kappa shape index (κ2) is 11.4. The molecule has 7 nitrogen and oxygen atoms in total. The Morgan fingerprint density at radius 3 is 2.61 bits per heavy atom. The van der Waals surface area contributed by atoms with Crippen LogP contribution >= 0.6 is 35.0 Å². The average molecular weight is 510 g/mol. The van der Waals surface area contributed by atoms with Crippen LogP contribution < -0.4 is 15.7 Å². The first-order valence-corrected chi connectivity index (χ1v) is 12.1. The highest BCUT2D eigenvalue weighted by Gasteiger charge is 2.25. The standard InChI is InChI=1S/C23H21Cl2NO6S/c1-13-15-10-16(24)19(11-18(15)31-22(28)20(13)25)32-21(27)17(8-9-33-2)26-23(29)30-12-14-6-4-3-5-7-14/h3-7,10-11,17H,8-9,12H2,1-2H3,(H,26,29)/t17-/m1/s1. The van der Waals surface area contributed by atoms with E-state index in [0.29, 0.717) is 23.1 Å². The van der Waals surface area contributed by atoms with E-state index >= 15 is 0 Å². The Bertz CT molecular complexity index is 1220. The fraction of sp³-hybridized carbons (Fsp3) is 0.261. The molecular weight excluding hydrogens is 489 g/mol. The monoisotopic (exact) mass is 509 g/mol. The number of aryl methyl sites for hydroxylation is 1. The minimum absolute atomic E-state index is 0.00681. The number of hydrogen-bond acceptors (Lipinski definition) is 7. The minimum Gasteiger partial charge on any atom is -0.445 e. The Morgan fingerprint density at radius 1 is 1.18 bits per heavy atom. The Morgan fingerprint density at radius 2 is 1.91 bits per heavy atom. The molecule has 10 heteroatoms. The van der Waals surface area contributed by atoms with Crippen molar-refractivity contribution in [3.05, 3.63) is 74.1 Å². The van der Waals surface area contributed by atoms with Crippen LogP contribution in [0.2, 0.25) is 10.0 Å². The first kappa shape index (κ1) is 25.0. The Balaban J connectivity index is 1.74. The average Bonchev–Trinajstić information content (AvgIpc) is 2.81. The third kappa shape index (κ3) is 6.43. The van der Waals surface area contributed by atoms with Gasteiger partial charge in [0.1, 0.15) is 23.3 Å². The van der Waals surface area contributed by atoms with Gasteiger partial charge in [-0.1, -0.05) is 53.5 Å². The number of carbonyl (C=O) groups excluding carboxylic acids is 2. The van der Waals surface area contributed by atoms with E-state index in [-0.39, 0.29) is 28.0 Å². The van der Waals surface area contributed by atoms with Crippen molar-refractivity contribution in [3.8, 4) is 5.75 Å². The lowest BCUT2D eigenvalue weighted by Crippen LogP contribution is -2.43. The summed E-state index contributed by atoms with van der Waals surface area (Å²) in [5.74, 6) is -0.140. The van der Waals surface area contributed by atoms with Crippen molar-refractivity contribution in [1.29, 1.82) is 0 Å². The molecule has 0 fully saturated rings. The van der Waals surface area contributed by atoms with Crippen LogP contribution in [0.5, 0.6) is 5.75 Å². The molecule has 0 saturated heterocycles. The van der Waals surface area contributed by atoms with E-state index in [1.165, 1.54) is 23.9 Å². The highest BCUT2D eigenvalue weighted by atomic mass is 35.5. The molecule has 1 amide bonds. The number of rotatable bonds is 8. The van der Waals surface area contributed by atoms with Gasteiger partial charge in [-0.2, -0.15) is 11.8 Å². The molecule has 0 aliphatic rings. The maximum Gasteiger partial charge on any atom is 0.408 e. The highest BCUT2D eigenvalue weighted by molar-refractivity contribution is 7.98. The molecule has 3 aromatic rings. The molecule has 0 aliphatic heterocycles. The smallest absolute Gasteiger partial charge is 0.408 e. The molecule has 1 N–H and O–H groups in total. The first-order chi connectivity index (χ1) is 15.8. The molecule has 0 radical (unpaired) electrons. The summed E-state index contributed by atoms with van der Waals surface area (Å²) in [5, 5.41) is 3.14. The maximum absolute atomic E-state index is 12.8. The van der Waals surface area contributed by atoms with E-state index in [2.05, 4.69) is 5.32 Å². The fourth-order valence-corrected chi connectivity index (χ4v) is 3.79. The summed E-state index contributed by atoms with van der Waals surface area (Å²) in [4.78, 5) is 37.0. The van der Waals surface area contributed by atoms with Crippen LogP contribution in [0.3, 0.4) is 0 Å². The normalized spacial score (nSPS) is 11.8. The van der Waals surface area contributed by atoms with Crippen molar-refractivity contribution in [2.24, 2.45) is 0 Å². The SMILES string of the molecule is CSCC[C@@H](NC(=O)OCc1ccccc1)C(=O)Oc1cc2oc(=O)c(Cl)c(C)c2cc1Cl. The molecular formula is C23H21Cl2NO6S. The molecule has 0 bridgehead atoms. The highest BCUT2D eigenvalue weighted by Crippen LogP contribution is 2.33. The lowest BCUT2D eigenvalue weighted by Gasteiger charge is -2.18. The maximum atomic E-state index is 12.8. The molecule has 0 aliphatic carbocycles. The van der Waals surface area contributed by atoms with Gasteiger partial charge in [0.2, 0.25) is 0 Å².